The molecule has 8 nitrogen and oxygen atoms in total. The van der Waals surface area contributed by atoms with Crippen LogP contribution >= 0.6 is 0 Å². The number of aliphatic hydroxyl groups is 3. The smallest absolute Gasteiger partial charge is 0.311 e. The third-order valence-corrected chi connectivity index (χ3v) is 5.30. The molecule has 0 amide bonds. The predicted octanol–water partition coefficient (Wildman–Crippen LogP) is 1.79. The van der Waals surface area contributed by atoms with Crippen molar-refractivity contribution in [3.05, 3.63) is 35.4 Å². The summed E-state index contributed by atoms with van der Waals surface area (Å²) in [5.41, 5.74) is 1.29. The lowest BCUT2D eigenvalue weighted by Crippen LogP contribution is -2.57. The number of rotatable bonds is 7. The molecule has 1 aromatic carbocycles. The van der Waals surface area contributed by atoms with Crippen LogP contribution in [0, 0.1) is 11.3 Å². The van der Waals surface area contributed by atoms with Crippen LogP contribution in [0.1, 0.15) is 45.2 Å². The van der Waals surface area contributed by atoms with Gasteiger partial charge in [0.25, 0.3) is 0 Å². The van der Waals surface area contributed by atoms with E-state index in [1.807, 2.05) is 19.1 Å². The first-order valence-corrected chi connectivity index (χ1v) is 10.4. The summed E-state index contributed by atoms with van der Waals surface area (Å²) in [5, 5.41) is 39.3. The lowest BCUT2D eigenvalue weighted by molar-refractivity contribution is -0.174. The number of esters is 1. The molecular formula is C23H32O8. The van der Waals surface area contributed by atoms with Crippen LogP contribution in [0.25, 0.3) is 6.08 Å². The van der Waals surface area contributed by atoms with Crippen molar-refractivity contribution in [2.45, 2.75) is 65.0 Å². The Bertz CT molecular complexity index is 810. The first-order valence-electron chi connectivity index (χ1n) is 10.4. The zero-order chi connectivity index (χ0) is 23.3. The van der Waals surface area contributed by atoms with Crippen LogP contribution in [0.5, 0.6) is 5.75 Å². The predicted molar refractivity (Wildman–Crippen MR) is 113 cm³/mol. The van der Waals surface area contributed by atoms with Crippen LogP contribution in [0.4, 0.5) is 0 Å². The lowest BCUT2D eigenvalue weighted by atomic mass is 9.80. The number of hydrogen-bond donors (Lipinski definition) is 4. The molecule has 0 heterocycles. The molecule has 0 bridgehead atoms. The Hall–Kier alpha value is -2.42. The summed E-state index contributed by atoms with van der Waals surface area (Å²) in [6.07, 6.45) is -1.40. The van der Waals surface area contributed by atoms with E-state index in [-0.39, 0.29) is 19.0 Å². The van der Waals surface area contributed by atoms with Gasteiger partial charge in [0.1, 0.15) is 30.7 Å². The Morgan fingerprint density at radius 1 is 1.13 bits per heavy atom. The number of aliphatic hydroxyl groups excluding tert-OH is 3. The SMILES string of the molecule is CCc1cc(O[C@@H]2C[C@H](C(=O)O)[C@@H](O)[C@H](O)[C@H]2O)ccc1/C=C/COC(=O)C(C)(C)C. The van der Waals surface area contributed by atoms with E-state index < -0.39 is 41.7 Å². The van der Waals surface area contributed by atoms with Crippen LogP contribution in [0.2, 0.25) is 0 Å². The fourth-order valence-electron chi connectivity index (χ4n) is 3.37. The molecule has 5 atom stereocenters. The van der Waals surface area contributed by atoms with Crippen molar-refractivity contribution in [1.82, 2.24) is 0 Å². The number of carbonyl (C=O) groups excluding carboxylic acids is 1. The molecule has 0 unspecified atom stereocenters. The van der Waals surface area contributed by atoms with Gasteiger partial charge in [-0.15, -0.1) is 0 Å². The topological polar surface area (TPSA) is 134 Å². The molecule has 1 aliphatic rings. The molecule has 8 heteroatoms. The number of aryl methyl sites for hydroxylation is 1. The van der Waals surface area contributed by atoms with E-state index in [1.165, 1.54) is 0 Å². The summed E-state index contributed by atoms with van der Waals surface area (Å²) in [6, 6.07) is 5.27. The number of ether oxygens (including phenoxy) is 2. The van der Waals surface area contributed by atoms with E-state index in [0.717, 1.165) is 11.1 Å². The molecule has 0 spiro atoms. The lowest BCUT2D eigenvalue weighted by Gasteiger charge is -2.38. The molecule has 172 valence electrons. The Kier molecular flexibility index (Phi) is 8.22. The second kappa shape index (κ2) is 10.3. The first-order chi connectivity index (χ1) is 14.5. The minimum absolute atomic E-state index is 0.128. The number of carbonyl (C=O) groups is 2. The van der Waals surface area contributed by atoms with Gasteiger partial charge in [-0.2, -0.15) is 0 Å². The van der Waals surface area contributed by atoms with Gasteiger partial charge in [-0.1, -0.05) is 19.1 Å². The van der Waals surface area contributed by atoms with Crippen molar-refractivity contribution in [1.29, 1.82) is 0 Å². The summed E-state index contributed by atoms with van der Waals surface area (Å²) in [7, 11) is 0. The van der Waals surface area contributed by atoms with Gasteiger partial charge in [0.2, 0.25) is 0 Å². The maximum atomic E-state index is 11.8. The molecule has 0 aromatic heterocycles. The van der Waals surface area contributed by atoms with Gasteiger partial charge in [-0.05, 0) is 56.5 Å². The summed E-state index contributed by atoms with van der Waals surface area (Å²) >= 11 is 0. The molecule has 1 aliphatic carbocycles. The summed E-state index contributed by atoms with van der Waals surface area (Å²) in [4.78, 5) is 23.1. The molecule has 0 radical (unpaired) electrons. The standard InChI is InChI=1S/C23H32O8/c1-5-13-11-15(9-8-14(13)7-6-10-30-22(29)23(2,3)4)31-17-12-16(21(27)28)18(24)20(26)19(17)25/h6-9,11,16-20,24-26H,5,10,12H2,1-4H3,(H,27,28)/b7-6+/t16-,17+,18+,19-,20-/m0/s1. The number of aliphatic carboxylic acids is 1. The van der Waals surface area contributed by atoms with Crippen molar-refractivity contribution in [2.24, 2.45) is 11.3 Å². The van der Waals surface area contributed by atoms with E-state index in [0.29, 0.717) is 12.2 Å². The van der Waals surface area contributed by atoms with Gasteiger partial charge in [-0.3, -0.25) is 9.59 Å². The molecule has 4 N–H and O–H groups in total. The summed E-state index contributed by atoms with van der Waals surface area (Å²) < 4.78 is 11.0. The van der Waals surface area contributed by atoms with E-state index in [1.54, 1.807) is 39.0 Å². The molecule has 2 rings (SSSR count). The maximum Gasteiger partial charge on any atom is 0.311 e. The van der Waals surface area contributed by atoms with Crippen molar-refractivity contribution in [3.8, 4) is 5.75 Å². The number of benzene rings is 1. The Balaban J connectivity index is 2.08. The minimum Gasteiger partial charge on any atom is -0.488 e. The molecule has 1 fully saturated rings. The third kappa shape index (κ3) is 6.29. The van der Waals surface area contributed by atoms with Crippen LogP contribution in [-0.4, -0.2) is 63.4 Å². The average Bonchev–Trinajstić information content (AvgIpc) is 2.70. The molecule has 1 saturated carbocycles. The molecule has 0 saturated heterocycles. The van der Waals surface area contributed by atoms with Crippen LogP contribution in [0.3, 0.4) is 0 Å². The third-order valence-electron chi connectivity index (χ3n) is 5.30. The largest absolute Gasteiger partial charge is 0.488 e. The van der Waals surface area contributed by atoms with Gasteiger partial charge in [-0.25, -0.2) is 0 Å². The van der Waals surface area contributed by atoms with Crippen molar-refractivity contribution < 1.29 is 39.5 Å². The van der Waals surface area contributed by atoms with Crippen molar-refractivity contribution >= 4 is 18.0 Å². The maximum absolute atomic E-state index is 11.8. The quantitative estimate of drug-likeness (QED) is 0.476. The molecule has 0 aliphatic heterocycles. The highest BCUT2D eigenvalue weighted by molar-refractivity contribution is 5.75. The van der Waals surface area contributed by atoms with Gasteiger partial charge in [0.05, 0.1) is 17.4 Å². The van der Waals surface area contributed by atoms with Crippen molar-refractivity contribution in [2.75, 3.05) is 6.61 Å². The van der Waals surface area contributed by atoms with Gasteiger partial charge < -0.3 is 29.9 Å². The van der Waals surface area contributed by atoms with Crippen LogP contribution < -0.4 is 4.74 Å². The monoisotopic (exact) mass is 436 g/mol. The second-order valence-corrected chi connectivity index (χ2v) is 8.77. The highest BCUT2D eigenvalue weighted by Gasteiger charge is 2.46. The Labute approximate surface area is 182 Å². The van der Waals surface area contributed by atoms with Gasteiger partial charge in [0.15, 0.2) is 0 Å². The zero-order valence-electron chi connectivity index (χ0n) is 18.3. The fourth-order valence-corrected chi connectivity index (χ4v) is 3.37. The van der Waals surface area contributed by atoms with Crippen LogP contribution in [-0.2, 0) is 20.7 Å². The number of hydrogen-bond acceptors (Lipinski definition) is 7. The van der Waals surface area contributed by atoms with Gasteiger partial charge >= 0.3 is 11.9 Å². The highest BCUT2D eigenvalue weighted by atomic mass is 16.5. The Morgan fingerprint density at radius 2 is 1.81 bits per heavy atom. The molecular weight excluding hydrogens is 404 g/mol. The molecule has 1 aromatic rings. The Morgan fingerprint density at radius 3 is 2.39 bits per heavy atom. The second-order valence-electron chi connectivity index (χ2n) is 8.77. The fraction of sp³-hybridized carbons (Fsp3) is 0.565. The number of carboxylic acids is 1. The van der Waals surface area contributed by atoms with Crippen molar-refractivity contribution in [3.63, 3.8) is 0 Å². The normalized spacial score (nSPS) is 26.6. The van der Waals surface area contributed by atoms with E-state index in [2.05, 4.69) is 0 Å². The minimum atomic E-state index is -1.61. The van der Waals surface area contributed by atoms with Crippen LogP contribution in [0.15, 0.2) is 24.3 Å². The zero-order valence-corrected chi connectivity index (χ0v) is 18.3. The van der Waals surface area contributed by atoms with E-state index in [9.17, 15) is 30.0 Å². The highest BCUT2D eigenvalue weighted by Crippen LogP contribution is 2.30. The van der Waals surface area contributed by atoms with E-state index >= 15 is 0 Å². The number of carboxylic acid groups (broad SMARTS) is 1. The average molecular weight is 437 g/mol. The summed E-state index contributed by atoms with van der Waals surface area (Å²) in [5.74, 6) is -2.35. The molecule has 31 heavy (non-hydrogen) atoms. The summed E-state index contributed by atoms with van der Waals surface area (Å²) in [6.45, 7) is 7.48. The first kappa shape index (κ1) is 24.8. The van der Waals surface area contributed by atoms with E-state index in [4.69, 9.17) is 9.47 Å². The van der Waals surface area contributed by atoms with Gasteiger partial charge in [0, 0.05) is 6.42 Å².